The molecule has 3 aromatic carbocycles. The van der Waals surface area contributed by atoms with Gasteiger partial charge >= 0.3 is 0 Å². The number of aliphatic hydroxyl groups is 1. The third kappa shape index (κ3) is 3.61. The third-order valence-electron chi connectivity index (χ3n) is 5.92. The van der Waals surface area contributed by atoms with Crippen molar-refractivity contribution in [2.75, 3.05) is 11.5 Å². The molecule has 5 rings (SSSR count). The summed E-state index contributed by atoms with van der Waals surface area (Å²) < 4.78 is 19.1. The van der Waals surface area contributed by atoms with E-state index in [0.717, 1.165) is 24.2 Å². The molecule has 0 aromatic heterocycles. The van der Waals surface area contributed by atoms with E-state index in [1.54, 1.807) is 30.3 Å². The van der Waals surface area contributed by atoms with Crippen LogP contribution in [0.4, 0.5) is 10.1 Å². The zero-order valence-electron chi connectivity index (χ0n) is 17.5. The fourth-order valence-electron chi connectivity index (χ4n) is 4.37. The lowest BCUT2D eigenvalue weighted by Crippen LogP contribution is -2.29. The Morgan fingerprint density at radius 3 is 2.58 bits per heavy atom. The van der Waals surface area contributed by atoms with Crippen molar-refractivity contribution in [1.29, 1.82) is 0 Å². The van der Waals surface area contributed by atoms with E-state index in [4.69, 9.17) is 4.74 Å². The summed E-state index contributed by atoms with van der Waals surface area (Å²) in [5.74, 6) is -1.84. The summed E-state index contributed by atoms with van der Waals surface area (Å²) >= 11 is 0. The SMILES string of the molecule is O=C1C(=O)N(c2ccc(F)cc2)C(c2cccc(O)c2)/C1=C(/O)c1ccc2c(c1)CCCO2. The highest BCUT2D eigenvalue weighted by Gasteiger charge is 2.47. The van der Waals surface area contributed by atoms with Gasteiger partial charge in [-0.15, -0.1) is 0 Å². The van der Waals surface area contributed by atoms with E-state index in [1.165, 1.54) is 41.3 Å². The first kappa shape index (κ1) is 20.8. The van der Waals surface area contributed by atoms with Gasteiger partial charge in [0, 0.05) is 11.3 Å². The summed E-state index contributed by atoms with van der Waals surface area (Å²) in [5.41, 5.74) is 1.92. The monoisotopic (exact) mass is 445 g/mol. The zero-order valence-corrected chi connectivity index (χ0v) is 17.5. The minimum absolute atomic E-state index is 0.0527. The van der Waals surface area contributed by atoms with Crippen LogP contribution in [0.3, 0.4) is 0 Å². The molecular weight excluding hydrogens is 425 g/mol. The highest BCUT2D eigenvalue weighted by Crippen LogP contribution is 2.43. The maximum absolute atomic E-state index is 13.5. The van der Waals surface area contributed by atoms with Gasteiger partial charge in [-0.2, -0.15) is 0 Å². The lowest BCUT2D eigenvalue weighted by molar-refractivity contribution is -0.132. The molecule has 1 amide bonds. The number of Topliss-reactive ketones (excluding diaryl/α,β-unsaturated/α-hetero) is 1. The summed E-state index contributed by atoms with van der Waals surface area (Å²) in [6, 6.07) is 15.5. The number of anilines is 1. The first-order valence-electron chi connectivity index (χ1n) is 10.6. The minimum Gasteiger partial charge on any atom is -0.508 e. The Hall–Kier alpha value is -4.13. The van der Waals surface area contributed by atoms with Gasteiger partial charge in [0.25, 0.3) is 11.7 Å². The second-order valence-electron chi connectivity index (χ2n) is 8.02. The third-order valence-corrected chi connectivity index (χ3v) is 5.92. The molecule has 0 spiro atoms. The van der Waals surface area contributed by atoms with Gasteiger partial charge < -0.3 is 14.9 Å². The van der Waals surface area contributed by atoms with Gasteiger partial charge in [0.05, 0.1) is 18.2 Å². The molecular formula is C26H20FNO5. The molecule has 7 heteroatoms. The number of halogens is 1. The van der Waals surface area contributed by atoms with Gasteiger partial charge in [-0.05, 0) is 78.6 Å². The van der Waals surface area contributed by atoms with Crippen LogP contribution in [0.25, 0.3) is 5.76 Å². The Morgan fingerprint density at radius 1 is 1.03 bits per heavy atom. The number of benzene rings is 3. The van der Waals surface area contributed by atoms with Crippen LogP contribution in [0, 0.1) is 5.82 Å². The number of carbonyl (C=O) groups excluding carboxylic acids is 2. The van der Waals surface area contributed by atoms with E-state index in [0.29, 0.717) is 23.4 Å². The Morgan fingerprint density at radius 2 is 1.82 bits per heavy atom. The zero-order chi connectivity index (χ0) is 23.1. The maximum Gasteiger partial charge on any atom is 0.300 e. The predicted molar refractivity (Wildman–Crippen MR) is 120 cm³/mol. The molecule has 33 heavy (non-hydrogen) atoms. The number of hydrogen-bond acceptors (Lipinski definition) is 5. The standard InChI is InChI=1S/C26H20FNO5/c27-18-7-9-19(10-8-18)28-23(16-3-1-5-20(29)14-16)22(25(31)26(28)32)24(30)17-6-11-21-15(13-17)4-2-12-33-21/h1,3,5-11,13-14,23,29-30H,2,4,12H2/b24-22-. The van der Waals surface area contributed by atoms with Crippen LogP contribution < -0.4 is 9.64 Å². The second kappa shape index (κ2) is 8.09. The van der Waals surface area contributed by atoms with Crippen molar-refractivity contribution < 1.29 is 28.9 Å². The fraction of sp³-hybridized carbons (Fsp3) is 0.154. The number of carbonyl (C=O) groups is 2. The molecule has 1 atom stereocenters. The summed E-state index contributed by atoms with van der Waals surface area (Å²) in [5, 5.41) is 21.3. The van der Waals surface area contributed by atoms with Gasteiger partial charge in [-0.1, -0.05) is 12.1 Å². The lowest BCUT2D eigenvalue weighted by atomic mass is 9.93. The normalized spacial score (nSPS) is 19.3. The van der Waals surface area contributed by atoms with Crippen molar-refractivity contribution in [2.45, 2.75) is 18.9 Å². The summed E-state index contributed by atoms with van der Waals surface area (Å²) in [4.78, 5) is 27.5. The molecule has 1 unspecified atom stereocenters. The minimum atomic E-state index is -1.00. The van der Waals surface area contributed by atoms with E-state index < -0.39 is 23.5 Å². The number of nitrogens with zero attached hydrogens (tertiary/aromatic N) is 1. The quantitative estimate of drug-likeness (QED) is 0.353. The number of fused-ring (bicyclic) bond motifs is 1. The van der Waals surface area contributed by atoms with E-state index in [9.17, 15) is 24.2 Å². The molecule has 166 valence electrons. The molecule has 1 saturated heterocycles. The Labute approximate surface area is 189 Å². The number of ketones is 1. The van der Waals surface area contributed by atoms with E-state index >= 15 is 0 Å². The number of aryl methyl sites for hydroxylation is 1. The number of amides is 1. The Bertz CT molecular complexity index is 1300. The van der Waals surface area contributed by atoms with E-state index in [1.807, 2.05) is 0 Å². The van der Waals surface area contributed by atoms with Crippen LogP contribution in [0.2, 0.25) is 0 Å². The number of aliphatic hydroxyl groups excluding tert-OH is 1. The average molecular weight is 445 g/mol. The van der Waals surface area contributed by atoms with Gasteiger partial charge in [0.1, 0.15) is 23.1 Å². The average Bonchev–Trinajstić information content (AvgIpc) is 3.09. The largest absolute Gasteiger partial charge is 0.508 e. The summed E-state index contributed by atoms with van der Waals surface area (Å²) in [6.45, 7) is 0.624. The van der Waals surface area contributed by atoms with Crippen LogP contribution in [0.1, 0.15) is 29.2 Å². The predicted octanol–water partition coefficient (Wildman–Crippen LogP) is 4.48. The van der Waals surface area contributed by atoms with Crippen molar-refractivity contribution >= 4 is 23.1 Å². The van der Waals surface area contributed by atoms with Crippen LogP contribution in [0.5, 0.6) is 11.5 Å². The molecule has 2 aliphatic rings. The molecule has 2 N–H and O–H groups in total. The molecule has 1 fully saturated rings. The van der Waals surface area contributed by atoms with Crippen LogP contribution in [-0.4, -0.2) is 28.5 Å². The van der Waals surface area contributed by atoms with Crippen LogP contribution >= 0.6 is 0 Å². The number of phenolic OH excluding ortho intramolecular Hbond substituents is 1. The number of phenols is 1. The fourth-order valence-corrected chi connectivity index (χ4v) is 4.37. The second-order valence-corrected chi connectivity index (χ2v) is 8.02. The number of rotatable bonds is 3. The molecule has 3 aromatic rings. The van der Waals surface area contributed by atoms with E-state index in [2.05, 4.69) is 0 Å². The number of ether oxygens (including phenoxy) is 1. The van der Waals surface area contributed by atoms with Crippen molar-refractivity contribution in [2.24, 2.45) is 0 Å². The van der Waals surface area contributed by atoms with Gasteiger partial charge in [-0.3, -0.25) is 14.5 Å². The Balaban J connectivity index is 1.70. The van der Waals surface area contributed by atoms with Gasteiger partial charge in [-0.25, -0.2) is 4.39 Å². The maximum atomic E-state index is 13.5. The summed E-state index contributed by atoms with van der Waals surface area (Å²) in [7, 11) is 0. The lowest BCUT2D eigenvalue weighted by Gasteiger charge is -2.25. The highest BCUT2D eigenvalue weighted by molar-refractivity contribution is 6.51. The first-order chi connectivity index (χ1) is 15.9. The topological polar surface area (TPSA) is 87.1 Å². The first-order valence-corrected chi connectivity index (χ1v) is 10.6. The summed E-state index contributed by atoms with van der Waals surface area (Å²) in [6.07, 6.45) is 1.62. The van der Waals surface area contributed by atoms with Gasteiger partial charge in [0.15, 0.2) is 0 Å². The molecule has 2 heterocycles. The van der Waals surface area contributed by atoms with E-state index in [-0.39, 0.29) is 17.1 Å². The van der Waals surface area contributed by atoms with Crippen LogP contribution in [-0.2, 0) is 16.0 Å². The smallest absolute Gasteiger partial charge is 0.300 e. The highest BCUT2D eigenvalue weighted by atomic mass is 19.1. The Kier molecular flexibility index (Phi) is 5.09. The molecule has 0 radical (unpaired) electrons. The number of hydrogen-bond donors (Lipinski definition) is 2. The van der Waals surface area contributed by atoms with Crippen LogP contribution in [0.15, 0.2) is 72.3 Å². The molecule has 0 saturated carbocycles. The molecule has 0 aliphatic carbocycles. The molecule has 0 bridgehead atoms. The van der Waals surface area contributed by atoms with Crippen molar-refractivity contribution in [1.82, 2.24) is 0 Å². The van der Waals surface area contributed by atoms with Crippen molar-refractivity contribution in [3.8, 4) is 11.5 Å². The molecule has 2 aliphatic heterocycles. The van der Waals surface area contributed by atoms with Crippen molar-refractivity contribution in [3.05, 3.63) is 94.8 Å². The van der Waals surface area contributed by atoms with Gasteiger partial charge in [0.2, 0.25) is 0 Å². The molecule has 6 nitrogen and oxygen atoms in total. The van der Waals surface area contributed by atoms with Crippen molar-refractivity contribution in [3.63, 3.8) is 0 Å². The number of aromatic hydroxyl groups is 1.